The summed E-state index contributed by atoms with van der Waals surface area (Å²) in [5.74, 6) is 0.167. The lowest BCUT2D eigenvalue weighted by Gasteiger charge is -2.08. The van der Waals surface area contributed by atoms with E-state index in [1.807, 2.05) is 0 Å². The predicted molar refractivity (Wildman–Crippen MR) is 38.1 cm³/mol. The van der Waals surface area contributed by atoms with Gasteiger partial charge in [-0.2, -0.15) is 0 Å². The van der Waals surface area contributed by atoms with E-state index in [2.05, 4.69) is 0 Å². The largest absolute Gasteiger partial charge is 0.385 e. The van der Waals surface area contributed by atoms with Crippen molar-refractivity contribution in [1.82, 2.24) is 0 Å². The molecule has 0 saturated heterocycles. The first-order valence-electron chi connectivity index (χ1n) is 2.61. The van der Waals surface area contributed by atoms with Gasteiger partial charge in [0.05, 0.1) is 0 Å². The highest BCUT2D eigenvalue weighted by atomic mass is 35.5. The van der Waals surface area contributed by atoms with Crippen LogP contribution in [0.2, 0.25) is 0 Å². The molecule has 0 aromatic heterocycles. The standard InChI is InChI=1S/C5H10N2O.ClH/c1-8-5(2-3-5)4(6)7;/h2-3H2,1H3,(H3,6,7);1H. The zero-order chi connectivity index (χ0) is 6.20. The molecule has 0 aromatic rings. The number of rotatable bonds is 2. The van der Waals surface area contributed by atoms with Crippen molar-refractivity contribution in [3.63, 3.8) is 0 Å². The zero-order valence-corrected chi connectivity index (χ0v) is 6.12. The van der Waals surface area contributed by atoms with E-state index in [1.165, 1.54) is 0 Å². The molecule has 3 nitrogen and oxygen atoms in total. The van der Waals surface area contributed by atoms with Crippen LogP contribution in [-0.4, -0.2) is 18.5 Å². The smallest absolute Gasteiger partial charge is 0.124 e. The maximum Gasteiger partial charge on any atom is 0.124 e. The van der Waals surface area contributed by atoms with E-state index in [0.29, 0.717) is 0 Å². The fourth-order valence-corrected chi connectivity index (χ4v) is 0.697. The summed E-state index contributed by atoms with van der Waals surface area (Å²) in [5, 5.41) is 7.01. The van der Waals surface area contributed by atoms with E-state index >= 15 is 0 Å². The van der Waals surface area contributed by atoms with Gasteiger partial charge in [-0.05, 0) is 12.8 Å². The van der Waals surface area contributed by atoms with Crippen molar-refractivity contribution in [2.75, 3.05) is 7.11 Å². The minimum absolute atomic E-state index is 0. The first kappa shape index (κ1) is 8.72. The van der Waals surface area contributed by atoms with Gasteiger partial charge in [0.25, 0.3) is 0 Å². The molecular formula is C5H11ClN2O. The summed E-state index contributed by atoms with van der Waals surface area (Å²) in [6, 6.07) is 0. The molecular weight excluding hydrogens is 140 g/mol. The van der Waals surface area contributed by atoms with Crippen LogP contribution in [0.3, 0.4) is 0 Å². The van der Waals surface area contributed by atoms with E-state index < -0.39 is 0 Å². The minimum atomic E-state index is -0.347. The molecule has 3 N–H and O–H groups in total. The van der Waals surface area contributed by atoms with Gasteiger partial charge in [0, 0.05) is 7.11 Å². The Balaban J connectivity index is 0.000000640. The molecule has 0 bridgehead atoms. The third-order valence-corrected chi connectivity index (χ3v) is 1.59. The highest BCUT2D eigenvalue weighted by molar-refractivity contribution is 5.88. The second-order valence-corrected chi connectivity index (χ2v) is 2.11. The van der Waals surface area contributed by atoms with Crippen LogP contribution in [0.25, 0.3) is 0 Å². The summed E-state index contributed by atoms with van der Waals surface area (Å²) in [7, 11) is 1.59. The number of nitrogens with one attached hydrogen (secondary N) is 1. The van der Waals surface area contributed by atoms with E-state index in [-0.39, 0.29) is 23.8 Å². The summed E-state index contributed by atoms with van der Waals surface area (Å²) in [6.07, 6.45) is 1.83. The van der Waals surface area contributed by atoms with Gasteiger partial charge < -0.3 is 10.5 Å². The second-order valence-electron chi connectivity index (χ2n) is 2.11. The molecule has 0 heterocycles. The molecule has 1 saturated carbocycles. The van der Waals surface area contributed by atoms with Gasteiger partial charge in [0.2, 0.25) is 0 Å². The Labute approximate surface area is 60.5 Å². The molecule has 0 atom stereocenters. The van der Waals surface area contributed by atoms with Crippen LogP contribution in [0.1, 0.15) is 12.8 Å². The molecule has 0 aromatic carbocycles. The highest BCUT2D eigenvalue weighted by Crippen LogP contribution is 2.38. The molecule has 9 heavy (non-hydrogen) atoms. The van der Waals surface area contributed by atoms with Crippen molar-refractivity contribution in [3.05, 3.63) is 0 Å². The molecule has 0 aliphatic heterocycles. The lowest BCUT2D eigenvalue weighted by Crippen LogP contribution is -2.31. The fraction of sp³-hybridized carbons (Fsp3) is 0.800. The average Bonchev–Trinajstić information content (AvgIpc) is 2.44. The first-order valence-corrected chi connectivity index (χ1v) is 2.61. The molecule has 4 heteroatoms. The SMILES string of the molecule is COC1(C(=N)N)CC1.Cl. The number of amidine groups is 1. The molecule has 0 amide bonds. The Morgan fingerprint density at radius 3 is 2.11 bits per heavy atom. The number of ether oxygens (including phenoxy) is 1. The van der Waals surface area contributed by atoms with Crippen LogP contribution >= 0.6 is 12.4 Å². The Bertz CT molecular complexity index is 122. The van der Waals surface area contributed by atoms with Gasteiger partial charge >= 0.3 is 0 Å². The predicted octanol–water partition coefficient (Wildman–Crippen LogP) is 0.523. The number of methoxy groups -OCH3 is 1. The van der Waals surface area contributed by atoms with Gasteiger partial charge in [-0.3, -0.25) is 5.41 Å². The van der Waals surface area contributed by atoms with Crippen LogP contribution in [-0.2, 0) is 4.74 Å². The maximum absolute atomic E-state index is 7.01. The minimum Gasteiger partial charge on any atom is -0.385 e. The van der Waals surface area contributed by atoms with Gasteiger partial charge in [0.1, 0.15) is 11.4 Å². The van der Waals surface area contributed by atoms with Crippen LogP contribution in [0.15, 0.2) is 0 Å². The zero-order valence-electron chi connectivity index (χ0n) is 5.31. The van der Waals surface area contributed by atoms with Crippen LogP contribution in [0.4, 0.5) is 0 Å². The normalized spacial score (nSPS) is 20.1. The first-order chi connectivity index (χ1) is 3.71. The van der Waals surface area contributed by atoms with E-state index in [9.17, 15) is 0 Å². The van der Waals surface area contributed by atoms with Crippen LogP contribution in [0.5, 0.6) is 0 Å². The maximum atomic E-state index is 7.01. The number of hydrogen-bond donors (Lipinski definition) is 2. The monoisotopic (exact) mass is 150 g/mol. The molecule has 54 valence electrons. The Morgan fingerprint density at radius 2 is 2.11 bits per heavy atom. The average molecular weight is 151 g/mol. The van der Waals surface area contributed by atoms with Crippen molar-refractivity contribution < 1.29 is 4.74 Å². The Morgan fingerprint density at radius 1 is 1.67 bits per heavy atom. The number of nitrogens with two attached hydrogens (primary N) is 1. The second kappa shape index (κ2) is 2.54. The molecule has 0 spiro atoms. The molecule has 1 rings (SSSR count). The van der Waals surface area contributed by atoms with E-state index in [1.54, 1.807) is 7.11 Å². The summed E-state index contributed by atoms with van der Waals surface area (Å²) < 4.78 is 4.96. The lowest BCUT2D eigenvalue weighted by atomic mass is 10.3. The highest BCUT2D eigenvalue weighted by Gasteiger charge is 2.46. The van der Waals surface area contributed by atoms with Crippen molar-refractivity contribution in [1.29, 1.82) is 5.41 Å². The van der Waals surface area contributed by atoms with Crippen molar-refractivity contribution in [3.8, 4) is 0 Å². The third kappa shape index (κ3) is 1.34. The Kier molecular flexibility index (Phi) is 2.46. The molecule has 0 radical (unpaired) electrons. The fourth-order valence-electron chi connectivity index (χ4n) is 0.697. The lowest BCUT2D eigenvalue weighted by molar-refractivity contribution is 0.135. The molecule has 1 aliphatic carbocycles. The Hall–Kier alpha value is -0.280. The van der Waals surface area contributed by atoms with Crippen LogP contribution < -0.4 is 5.73 Å². The van der Waals surface area contributed by atoms with Gasteiger partial charge in [-0.1, -0.05) is 0 Å². The third-order valence-electron chi connectivity index (χ3n) is 1.59. The summed E-state index contributed by atoms with van der Waals surface area (Å²) >= 11 is 0. The van der Waals surface area contributed by atoms with Crippen molar-refractivity contribution >= 4 is 18.2 Å². The topological polar surface area (TPSA) is 59.1 Å². The summed E-state index contributed by atoms with van der Waals surface area (Å²) in [5.41, 5.74) is 4.85. The molecule has 1 aliphatic rings. The summed E-state index contributed by atoms with van der Waals surface area (Å²) in [6.45, 7) is 0. The molecule has 0 unspecified atom stereocenters. The summed E-state index contributed by atoms with van der Waals surface area (Å²) in [4.78, 5) is 0. The van der Waals surface area contributed by atoms with Crippen LogP contribution in [0, 0.1) is 5.41 Å². The van der Waals surface area contributed by atoms with E-state index in [4.69, 9.17) is 15.9 Å². The molecule has 1 fully saturated rings. The van der Waals surface area contributed by atoms with Crippen molar-refractivity contribution in [2.24, 2.45) is 5.73 Å². The van der Waals surface area contributed by atoms with Gasteiger partial charge in [-0.15, -0.1) is 12.4 Å². The number of hydrogen-bond acceptors (Lipinski definition) is 2. The van der Waals surface area contributed by atoms with Gasteiger partial charge in [-0.25, -0.2) is 0 Å². The number of halogens is 1. The van der Waals surface area contributed by atoms with Gasteiger partial charge in [0.15, 0.2) is 0 Å². The van der Waals surface area contributed by atoms with Crippen molar-refractivity contribution in [2.45, 2.75) is 18.4 Å². The van der Waals surface area contributed by atoms with E-state index in [0.717, 1.165) is 12.8 Å². The quantitative estimate of drug-likeness (QED) is 0.446.